The van der Waals surface area contributed by atoms with Gasteiger partial charge < -0.3 is 9.80 Å². The molecule has 2 fully saturated rings. The topological polar surface area (TPSA) is 23.6 Å². The van der Waals surface area contributed by atoms with Crippen molar-refractivity contribution in [2.75, 3.05) is 38.2 Å². The van der Waals surface area contributed by atoms with E-state index < -0.39 is 0 Å². The summed E-state index contributed by atoms with van der Waals surface area (Å²) in [5.74, 6) is 2.67. The lowest BCUT2D eigenvalue weighted by Gasteiger charge is -2.38. The zero-order valence-electron chi connectivity index (χ0n) is 13.3. The minimum atomic E-state index is 0.177. The molecule has 0 aromatic heterocycles. The van der Waals surface area contributed by atoms with Crippen LogP contribution in [0.15, 0.2) is 24.3 Å². The van der Waals surface area contributed by atoms with Gasteiger partial charge in [-0.15, -0.1) is 23.5 Å². The molecule has 2 aliphatic heterocycles. The minimum Gasteiger partial charge on any atom is -0.333 e. The first-order valence-electron chi connectivity index (χ1n) is 7.98. The Kier molecular flexibility index (Phi) is 5.37. The second-order valence-electron chi connectivity index (χ2n) is 6.16. The van der Waals surface area contributed by atoms with E-state index in [9.17, 15) is 4.79 Å². The van der Waals surface area contributed by atoms with Crippen LogP contribution in [0, 0.1) is 0 Å². The van der Waals surface area contributed by atoms with E-state index in [-0.39, 0.29) is 11.9 Å². The quantitative estimate of drug-likeness (QED) is 0.826. The normalized spacial score (nSPS) is 24.5. The number of hydrogen-bond donors (Lipinski definition) is 0. The zero-order chi connectivity index (χ0) is 15.5. The molecule has 2 aliphatic rings. The number of benzene rings is 1. The molecule has 0 N–H and O–H groups in total. The first-order chi connectivity index (χ1) is 10.6. The molecule has 0 saturated carbocycles. The zero-order valence-corrected chi connectivity index (χ0v) is 15.0. The van der Waals surface area contributed by atoms with Gasteiger partial charge in [-0.3, -0.25) is 4.79 Å². The molecule has 0 bridgehead atoms. The van der Waals surface area contributed by atoms with E-state index in [1.807, 2.05) is 40.6 Å². The second kappa shape index (κ2) is 7.28. The highest BCUT2D eigenvalue weighted by molar-refractivity contribution is 8.16. The van der Waals surface area contributed by atoms with E-state index >= 15 is 0 Å². The van der Waals surface area contributed by atoms with Crippen molar-refractivity contribution in [1.82, 2.24) is 9.80 Å². The first-order valence-corrected chi connectivity index (χ1v) is 10.1. The number of nitrogens with zero attached hydrogens (tertiary/aromatic N) is 2. The summed E-state index contributed by atoms with van der Waals surface area (Å²) >= 11 is 4.04. The number of carbonyl (C=O) groups is 1. The molecule has 0 radical (unpaired) electrons. The molecule has 1 amide bonds. The van der Waals surface area contributed by atoms with Gasteiger partial charge >= 0.3 is 0 Å². The summed E-state index contributed by atoms with van der Waals surface area (Å²) in [5.41, 5.74) is 2.17. The molecule has 3 rings (SSSR count). The summed E-state index contributed by atoms with van der Waals surface area (Å²) in [5, 5.41) is 0. The van der Waals surface area contributed by atoms with Gasteiger partial charge in [0.2, 0.25) is 0 Å². The summed E-state index contributed by atoms with van der Waals surface area (Å²) < 4.78 is 0.542. The van der Waals surface area contributed by atoms with Crippen molar-refractivity contribution >= 4 is 29.4 Å². The van der Waals surface area contributed by atoms with E-state index in [2.05, 4.69) is 31.0 Å². The van der Waals surface area contributed by atoms with Crippen molar-refractivity contribution in [2.24, 2.45) is 0 Å². The average molecular weight is 337 g/mol. The number of rotatable bonds is 2. The standard InChI is InChI=1S/C17H24N2OS2/c1-13-12-18(2)8-9-19(13)16(20)14-4-6-15(7-5-14)17-21-10-3-11-22-17/h4-7,13,17H,3,8-12H2,1-2H3. The molecule has 1 unspecified atom stereocenters. The molecule has 3 nitrogen and oxygen atoms in total. The number of likely N-dealkylation sites (N-methyl/N-ethyl adjacent to an activating group) is 1. The third-order valence-corrected chi connectivity index (χ3v) is 7.36. The SMILES string of the molecule is CC1CN(C)CCN1C(=O)c1ccc(C2SCCCS2)cc1. The number of hydrogen-bond acceptors (Lipinski definition) is 4. The Hall–Kier alpha value is -0.650. The van der Waals surface area contributed by atoms with E-state index in [0.29, 0.717) is 4.58 Å². The molecule has 2 saturated heterocycles. The van der Waals surface area contributed by atoms with Gasteiger partial charge in [0.05, 0.1) is 4.58 Å². The highest BCUT2D eigenvalue weighted by Crippen LogP contribution is 2.43. The Balaban J connectivity index is 1.68. The Morgan fingerprint density at radius 3 is 2.45 bits per heavy atom. The predicted octanol–water partition coefficient (Wildman–Crippen LogP) is 3.33. The highest BCUT2D eigenvalue weighted by atomic mass is 32.2. The number of amides is 1. The van der Waals surface area contributed by atoms with Gasteiger partial charge in [0.1, 0.15) is 0 Å². The molecular formula is C17H24N2OS2. The second-order valence-corrected chi connectivity index (χ2v) is 8.88. The molecule has 0 spiro atoms. The van der Waals surface area contributed by atoms with E-state index in [1.54, 1.807) is 0 Å². The van der Waals surface area contributed by atoms with Crippen LogP contribution < -0.4 is 0 Å². The summed E-state index contributed by atoms with van der Waals surface area (Å²) in [6, 6.07) is 8.60. The first kappa shape index (κ1) is 16.2. The van der Waals surface area contributed by atoms with Crippen molar-refractivity contribution in [1.29, 1.82) is 0 Å². The fourth-order valence-corrected chi connectivity index (χ4v) is 5.96. The van der Waals surface area contributed by atoms with Gasteiger partial charge in [0.15, 0.2) is 0 Å². The van der Waals surface area contributed by atoms with Crippen LogP contribution >= 0.6 is 23.5 Å². The largest absolute Gasteiger partial charge is 0.333 e. The number of piperazine rings is 1. The monoisotopic (exact) mass is 336 g/mol. The molecule has 1 aromatic carbocycles. The molecule has 5 heteroatoms. The van der Waals surface area contributed by atoms with Gasteiger partial charge in [-0.2, -0.15) is 0 Å². The summed E-state index contributed by atoms with van der Waals surface area (Å²) in [6.07, 6.45) is 1.31. The fourth-order valence-electron chi connectivity index (χ4n) is 3.07. The maximum atomic E-state index is 12.7. The van der Waals surface area contributed by atoms with Gasteiger partial charge in [0.25, 0.3) is 5.91 Å². The Bertz CT molecular complexity index is 514. The van der Waals surface area contributed by atoms with Crippen LogP contribution in [0.1, 0.15) is 33.8 Å². The fraction of sp³-hybridized carbons (Fsp3) is 0.588. The molecule has 2 heterocycles. The smallest absolute Gasteiger partial charge is 0.254 e. The maximum Gasteiger partial charge on any atom is 0.254 e. The molecule has 22 heavy (non-hydrogen) atoms. The molecule has 120 valence electrons. The lowest BCUT2D eigenvalue weighted by atomic mass is 10.1. The van der Waals surface area contributed by atoms with Crippen LogP contribution in [-0.4, -0.2) is 59.9 Å². The maximum absolute atomic E-state index is 12.7. The molecule has 0 aliphatic carbocycles. The van der Waals surface area contributed by atoms with Crippen LogP contribution in [-0.2, 0) is 0 Å². The lowest BCUT2D eigenvalue weighted by molar-refractivity contribution is 0.0533. The van der Waals surface area contributed by atoms with Crippen molar-refractivity contribution in [3.63, 3.8) is 0 Å². The van der Waals surface area contributed by atoms with Crippen LogP contribution in [0.2, 0.25) is 0 Å². The summed E-state index contributed by atoms with van der Waals surface area (Å²) in [6.45, 7) is 4.88. The molecular weight excluding hydrogens is 312 g/mol. The van der Waals surface area contributed by atoms with Gasteiger partial charge in [-0.1, -0.05) is 12.1 Å². The average Bonchev–Trinajstić information content (AvgIpc) is 2.55. The van der Waals surface area contributed by atoms with Gasteiger partial charge in [-0.25, -0.2) is 0 Å². The third kappa shape index (κ3) is 3.63. The van der Waals surface area contributed by atoms with Gasteiger partial charge in [0, 0.05) is 31.2 Å². The van der Waals surface area contributed by atoms with Crippen molar-refractivity contribution in [3.05, 3.63) is 35.4 Å². The summed E-state index contributed by atoms with van der Waals surface area (Å²) in [7, 11) is 2.12. The number of carbonyl (C=O) groups excluding carboxylic acids is 1. The Morgan fingerprint density at radius 2 is 1.82 bits per heavy atom. The number of thioether (sulfide) groups is 2. The van der Waals surface area contributed by atoms with Crippen LogP contribution in [0.4, 0.5) is 0 Å². The Labute approximate surface area is 141 Å². The highest BCUT2D eigenvalue weighted by Gasteiger charge is 2.26. The van der Waals surface area contributed by atoms with Crippen molar-refractivity contribution in [2.45, 2.75) is 24.0 Å². The van der Waals surface area contributed by atoms with E-state index in [0.717, 1.165) is 25.2 Å². The third-order valence-electron chi connectivity index (χ3n) is 4.35. The van der Waals surface area contributed by atoms with Crippen LogP contribution in [0.3, 0.4) is 0 Å². The van der Waals surface area contributed by atoms with Crippen LogP contribution in [0.5, 0.6) is 0 Å². The van der Waals surface area contributed by atoms with E-state index in [4.69, 9.17) is 0 Å². The Morgan fingerprint density at radius 1 is 1.14 bits per heavy atom. The van der Waals surface area contributed by atoms with Crippen LogP contribution in [0.25, 0.3) is 0 Å². The van der Waals surface area contributed by atoms with Crippen molar-refractivity contribution in [3.8, 4) is 0 Å². The minimum absolute atomic E-state index is 0.177. The van der Waals surface area contributed by atoms with Crippen molar-refractivity contribution < 1.29 is 4.79 Å². The summed E-state index contributed by atoms with van der Waals surface area (Å²) in [4.78, 5) is 17.0. The molecule has 1 atom stereocenters. The van der Waals surface area contributed by atoms with Gasteiger partial charge in [-0.05, 0) is 49.6 Å². The predicted molar refractivity (Wildman–Crippen MR) is 96.7 cm³/mol. The lowest BCUT2D eigenvalue weighted by Crippen LogP contribution is -2.52. The molecule has 1 aromatic rings. The van der Waals surface area contributed by atoms with E-state index in [1.165, 1.54) is 23.5 Å².